The molecule has 2 atom stereocenters. The maximum absolute atomic E-state index is 13.0. The number of benzene rings is 1. The zero-order valence-electron chi connectivity index (χ0n) is 16.7. The highest BCUT2D eigenvalue weighted by molar-refractivity contribution is 5.97. The Balaban J connectivity index is 2.04. The summed E-state index contributed by atoms with van der Waals surface area (Å²) in [6.07, 6.45) is 0. The number of amides is 1. The van der Waals surface area contributed by atoms with Crippen molar-refractivity contribution in [3.05, 3.63) is 29.3 Å². The van der Waals surface area contributed by atoms with Crippen LogP contribution in [0.15, 0.2) is 18.2 Å². The first-order valence-corrected chi connectivity index (χ1v) is 9.23. The van der Waals surface area contributed by atoms with E-state index in [1.807, 2.05) is 30.0 Å². The molecule has 6 heteroatoms. The normalized spacial score (nSPS) is 20.2. The summed E-state index contributed by atoms with van der Waals surface area (Å²) in [5.74, 6) is 1.01. The molecule has 1 N–H and O–H groups in total. The molecular weight excluding hydrogens is 330 g/mol. The fourth-order valence-electron chi connectivity index (χ4n) is 3.53. The van der Waals surface area contributed by atoms with E-state index in [-0.39, 0.29) is 24.3 Å². The molecule has 26 heavy (non-hydrogen) atoms. The van der Waals surface area contributed by atoms with E-state index < -0.39 is 0 Å². The van der Waals surface area contributed by atoms with Gasteiger partial charge in [-0.2, -0.15) is 0 Å². The van der Waals surface area contributed by atoms with Crippen molar-refractivity contribution in [3.8, 4) is 5.75 Å². The third-order valence-electron chi connectivity index (χ3n) is 5.16. The van der Waals surface area contributed by atoms with E-state index in [1.165, 1.54) is 0 Å². The summed E-state index contributed by atoms with van der Waals surface area (Å²) in [6, 6.07) is 5.65. The Labute approximate surface area is 157 Å². The van der Waals surface area contributed by atoms with Gasteiger partial charge in [-0.05, 0) is 51.7 Å². The number of methoxy groups -OCH3 is 1. The second-order valence-corrected chi connectivity index (χ2v) is 7.68. The number of hydrogen-bond acceptors (Lipinski definition) is 5. The van der Waals surface area contributed by atoms with Crippen LogP contribution in [0.2, 0.25) is 0 Å². The Bertz CT molecular complexity index is 606. The van der Waals surface area contributed by atoms with Gasteiger partial charge in [0.15, 0.2) is 0 Å². The second-order valence-electron chi connectivity index (χ2n) is 7.68. The van der Waals surface area contributed by atoms with Crippen LogP contribution in [0.25, 0.3) is 0 Å². The Kier molecular flexibility index (Phi) is 7.43. The molecular formula is C20H33N3O3. The molecule has 0 unspecified atom stereocenters. The number of likely N-dealkylation sites (N-methyl/N-ethyl adjacent to an activating group) is 2. The standard InChI is InChI=1S/C20H33N3O3/c1-15-6-7-18(19(10-15)26-5)20(25)23-12-16(17(13-23)14-24)11-22(4)9-8-21(2)3/h6-7,10,16-17,24H,8-9,11-14H2,1-5H3/t16-,17-/m1/s1. The summed E-state index contributed by atoms with van der Waals surface area (Å²) in [5, 5.41) is 9.79. The minimum Gasteiger partial charge on any atom is -0.496 e. The molecule has 1 aromatic rings. The van der Waals surface area contributed by atoms with Crippen molar-refractivity contribution in [2.24, 2.45) is 11.8 Å². The Hall–Kier alpha value is -1.63. The fraction of sp³-hybridized carbons (Fsp3) is 0.650. The van der Waals surface area contributed by atoms with Crippen LogP contribution in [-0.2, 0) is 0 Å². The van der Waals surface area contributed by atoms with E-state index in [2.05, 4.69) is 30.9 Å². The third kappa shape index (κ3) is 5.19. The van der Waals surface area contributed by atoms with Gasteiger partial charge in [0.25, 0.3) is 5.91 Å². The number of aryl methyl sites for hydroxylation is 1. The summed E-state index contributed by atoms with van der Waals surface area (Å²) in [5.41, 5.74) is 1.66. The number of nitrogens with zero attached hydrogens (tertiary/aromatic N) is 3. The zero-order chi connectivity index (χ0) is 19.3. The van der Waals surface area contributed by atoms with Crippen LogP contribution in [-0.4, -0.2) is 93.3 Å². The predicted molar refractivity (Wildman–Crippen MR) is 104 cm³/mol. The van der Waals surface area contributed by atoms with Gasteiger partial charge in [0, 0.05) is 45.2 Å². The van der Waals surface area contributed by atoms with Crippen LogP contribution in [0.5, 0.6) is 5.75 Å². The quantitative estimate of drug-likeness (QED) is 0.752. The first-order valence-electron chi connectivity index (χ1n) is 9.23. The van der Waals surface area contributed by atoms with Crippen molar-refractivity contribution in [3.63, 3.8) is 0 Å². The highest BCUT2D eigenvalue weighted by Crippen LogP contribution is 2.28. The molecule has 1 saturated heterocycles. The summed E-state index contributed by atoms with van der Waals surface area (Å²) in [7, 11) is 7.82. The summed E-state index contributed by atoms with van der Waals surface area (Å²) in [4.78, 5) is 19.3. The molecule has 1 aromatic carbocycles. The predicted octanol–water partition coefficient (Wildman–Crippen LogP) is 1.18. The summed E-state index contributed by atoms with van der Waals surface area (Å²) < 4.78 is 5.40. The lowest BCUT2D eigenvalue weighted by atomic mass is 9.96. The van der Waals surface area contributed by atoms with Crippen LogP contribution >= 0.6 is 0 Å². The molecule has 146 valence electrons. The van der Waals surface area contributed by atoms with Gasteiger partial charge >= 0.3 is 0 Å². The largest absolute Gasteiger partial charge is 0.496 e. The number of rotatable bonds is 8. The Morgan fingerprint density at radius 2 is 1.92 bits per heavy atom. The molecule has 0 aliphatic carbocycles. The molecule has 6 nitrogen and oxygen atoms in total. The first kappa shape index (κ1) is 20.7. The summed E-state index contributed by atoms with van der Waals surface area (Å²) in [6.45, 7) is 6.21. The number of carbonyl (C=O) groups is 1. The lowest BCUT2D eigenvalue weighted by molar-refractivity contribution is 0.0776. The molecule has 0 bridgehead atoms. The lowest BCUT2D eigenvalue weighted by Gasteiger charge is -2.25. The van der Waals surface area contributed by atoms with Gasteiger partial charge in [0.1, 0.15) is 5.75 Å². The van der Waals surface area contributed by atoms with Crippen molar-refractivity contribution < 1.29 is 14.6 Å². The smallest absolute Gasteiger partial charge is 0.257 e. The van der Waals surface area contributed by atoms with Crippen molar-refractivity contribution in [2.75, 3.05) is 67.6 Å². The van der Waals surface area contributed by atoms with Crippen molar-refractivity contribution >= 4 is 5.91 Å². The molecule has 0 saturated carbocycles. The second kappa shape index (κ2) is 9.35. The van der Waals surface area contributed by atoms with Crippen LogP contribution < -0.4 is 4.74 Å². The first-order chi connectivity index (χ1) is 12.3. The maximum Gasteiger partial charge on any atom is 0.257 e. The Morgan fingerprint density at radius 3 is 2.54 bits per heavy atom. The maximum atomic E-state index is 13.0. The number of ether oxygens (including phenoxy) is 1. The van der Waals surface area contributed by atoms with Crippen LogP contribution in [0.4, 0.5) is 0 Å². The molecule has 1 heterocycles. The van der Waals surface area contributed by atoms with Crippen molar-refractivity contribution in [1.82, 2.24) is 14.7 Å². The van der Waals surface area contributed by atoms with Crippen LogP contribution in [0.3, 0.4) is 0 Å². The van der Waals surface area contributed by atoms with Crippen LogP contribution in [0.1, 0.15) is 15.9 Å². The van der Waals surface area contributed by atoms with Crippen molar-refractivity contribution in [2.45, 2.75) is 6.92 Å². The van der Waals surface area contributed by atoms with Gasteiger partial charge in [-0.3, -0.25) is 4.79 Å². The van der Waals surface area contributed by atoms with Gasteiger partial charge < -0.3 is 24.5 Å². The van der Waals surface area contributed by atoms with Gasteiger partial charge in [-0.15, -0.1) is 0 Å². The lowest BCUT2D eigenvalue weighted by Crippen LogP contribution is -2.35. The van der Waals surface area contributed by atoms with Gasteiger partial charge in [0.2, 0.25) is 0 Å². The topological polar surface area (TPSA) is 56.2 Å². The molecule has 1 aliphatic rings. The number of aliphatic hydroxyl groups excluding tert-OH is 1. The molecule has 1 amide bonds. The number of aliphatic hydroxyl groups is 1. The third-order valence-corrected chi connectivity index (χ3v) is 5.16. The molecule has 2 rings (SSSR count). The van der Waals surface area contributed by atoms with E-state index in [1.54, 1.807) is 7.11 Å². The van der Waals surface area contributed by atoms with Gasteiger partial charge in [-0.25, -0.2) is 0 Å². The van der Waals surface area contributed by atoms with E-state index in [4.69, 9.17) is 4.74 Å². The van der Waals surface area contributed by atoms with Crippen LogP contribution in [0, 0.1) is 18.8 Å². The molecule has 1 fully saturated rings. The Morgan fingerprint density at radius 1 is 1.23 bits per heavy atom. The SMILES string of the molecule is COc1cc(C)ccc1C(=O)N1C[C@@H](CN(C)CCN(C)C)[C@@H](CO)C1. The zero-order valence-corrected chi connectivity index (χ0v) is 16.7. The molecule has 0 radical (unpaired) electrons. The highest BCUT2D eigenvalue weighted by atomic mass is 16.5. The summed E-state index contributed by atoms with van der Waals surface area (Å²) >= 11 is 0. The van der Waals surface area contributed by atoms with E-state index in [0.29, 0.717) is 24.4 Å². The van der Waals surface area contributed by atoms with Gasteiger partial charge in [-0.1, -0.05) is 6.07 Å². The van der Waals surface area contributed by atoms with Gasteiger partial charge in [0.05, 0.1) is 12.7 Å². The average Bonchev–Trinajstić information content (AvgIpc) is 3.02. The minimum absolute atomic E-state index is 0.0151. The minimum atomic E-state index is -0.0151. The van der Waals surface area contributed by atoms with E-state index in [0.717, 1.165) is 25.2 Å². The molecule has 0 aromatic heterocycles. The van der Waals surface area contributed by atoms with E-state index in [9.17, 15) is 9.90 Å². The van der Waals surface area contributed by atoms with Crippen molar-refractivity contribution in [1.29, 1.82) is 0 Å². The number of likely N-dealkylation sites (tertiary alicyclic amines) is 1. The molecule has 1 aliphatic heterocycles. The average molecular weight is 364 g/mol. The van der Waals surface area contributed by atoms with E-state index >= 15 is 0 Å². The molecule has 0 spiro atoms. The highest BCUT2D eigenvalue weighted by Gasteiger charge is 2.36. The fourth-order valence-corrected chi connectivity index (χ4v) is 3.53. The monoisotopic (exact) mass is 363 g/mol. The number of hydrogen-bond donors (Lipinski definition) is 1. The number of carbonyl (C=O) groups excluding carboxylic acids is 1.